The second kappa shape index (κ2) is 6.54. The number of hydrogen-bond acceptors (Lipinski definition) is 5. The van der Waals surface area contributed by atoms with Crippen molar-refractivity contribution in [3.63, 3.8) is 0 Å². The molecule has 2 heterocycles. The standard InChI is InChI=1S/C16H19BrN6/c1-10(2)8-19-16-21-13(18)12-14(22-16)23(15(17)20-12)9-11-6-4-3-5-7-11/h3-7,10H,8-9H2,1-2H3,(H3,18,19,21,22). The zero-order valence-corrected chi connectivity index (χ0v) is 14.7. The summed E-state index contributed by atoms with van der Waals surface area (Å²) in [7, 11) is 0. The van der Waals surface area contributed by atoms with Crippen LogP contribution < -0.4 is 11.1 Å². The number of nitrogens with one attached hydrogen (secondary N) is 1. The molecule has 7 heteroatoms. The summed E-state index contributed by atoms with van der Waals surface area (Å²) in [6.45, 7) is 5.72. The van der Waals surface area contributed by atoms with Crippen LogP contribution in [0.2, 0.25) is 0 Å². The Morgan fingerprint density at radius 2 is 1.91 bits per heavy atom. The van der Waals surface area contributed by atoms with Crippen molar-refractivity contribution in [1.82, 2.24) is 19.5 Å². The molecule has 0 saturated carbocycles. The molecule has 0 unspecified atom stereocenters. The van der Waals surface area contributed by atoms with Crippen LogP contribution >= 0.6 is 15.9 Å². The van der Waals surface area contributed by atoms with Crippen LogP contribution in [0.1, 0.15) is 19.4 Å². The number of benzene rings is 1. The largest absolute Gasteiger partial charge is 0.382 e. The lowest BCUT2D eigenvalue weighted by molar-refractivity contribution is 0.684. The molecule has 0 spiro atoms. The van der Waals surface area contributed by atoms with Gasteiger partial charge in [-0.1, -0.05) is 44.2 Å². The SMILES string of the molecule is CC(C)CNc1nc(N)c2nc(Br)n(Cc3ccccc3)c2n1. The zero-order chi connectivity index (χ0) is 16.4. The Bertz CT molecular complexity index is 812. The van der Waals surface area contributed by atoms with Crippen LogP contribution in [0, 0.1) is 5.92 Å². The molecule has 0 atom stereocenters. The van der Waals surface area contributed by atoms with Crippen molar-refractivity contribution in [2.24, 2.45) is 5.92 Å². The van der Waals surface area contributed by atoms with Crippen LogP contribution in [0.15, 0.2) is 35.1 Å². The van der Waals surface area contributed by atoms with E-state index in [9.17, 15) is 0 Å². The van der Waals surface area contributed by atoms with Crippen LogP contribution in [0.4, 0.5) is 11.8 Å². The van der Waals surface area contributed by atoms with Gasteiger partial charge in [0.1, 0.15) is 0 Å². The van der Waals surface area contributed by atoms with E-state index in [0.717, 1.165) is 12.2 Å². The molecule has 0 aliphatic heterocycles. The highest BCUT2D eigenvalue weighted by molar-refractivity contribution is 9.10. The maximum absolute atomic E-state index is 6.05. The molecule has 0 bridgehead atoms. The molecule has 3 N–H and O–H groups in total. The number of aromatic nitrogens is 4. The number of imidazole rings is 1. The Balaban J connectivity index is 2.01. The van der Waals surface area contributed by atoms with Crippen molar-refractivity contribution in [2.45, 2.75) is 20.4 Å². The maximum Gasteiger partial charge on any atom is 0.226 e. The van der Waals surface area contributed by atoms with Crippen LogP contribution in [0.5, 0.6) is 0 Å². The first kappa shape index (κ1) is 15.7. The summed E-state index contributed by atoms with van der Waals surface area (Å²) in [6.07, 6.45) is 0. The van der Waals surface area contributed by atoms with Crippen molar-refractivity contribution in [2.75, 3.05) is 17.6 Å². The molecule has 1 aromatic carbocycles. The third kappa shape index (κ3) is 3.44. The summed E-state index contributed by atoms with van der Waals surface area (Å²) >= 11 is 3.50. The normalized spacial score (nSPS) is 11.3. The second-order valence-corrected chi connectivity index (χ2v) is 6.54. The third-order valence-corrected chi connectivity index (χ3v) is 4.03. The van der Waals surface area contributed by atoms with Gasteiger partial charge in [0.05, 0.1) is 6.54 Å². The fourth-order valence-electron chi connectivity index (χ4n) is 2.28. The van der Waals surface area contributed by atoms with Crippen molar-refractivity contribution >= 4 is 38.9 Å². The Kier molecular flexibility index (Phi) is 4.47. The van der Waals surface area contributed by atoms with Gasteiger partial charge < -0.3 is 11.1 Å². The summed E-state index contributed by atoms with van der Waals surface area (Å²) in [4.78, 5) is 13.3. The first-order chi connectivity index (χ1) is 11.0. The molecule has 23 heavy (non-hydrogen) atoms. The van der Waals surface area contributed by atoms with Gasteiger partial charge in [0, 0.05) is 6.54 Å². The van der Waals surface area contributed by atoms with Gasteiger partial charge in [-0.05, 0) is 27.4 Å². The van der Waals surface area contributed by atoms with E-state index in [0.29, 0.717) is 34.5 Å². The molecule has 0 aliphatic carbocycles. The summed E-state index contributed by atoms with van der Waals surface area (Å²) < 4.78 is 2.68. The highest BCUT2D eigenvalue weighted by Gasteiger charge is 2.15. The monoisotopic (exact) mass is 374 g/mol. The van der Waals surface area contributed by atoms with Gasteiger partial charge in [0.15, 0.2) is 21.7 Å². The lowest BCUT2D eigenvalue weighted by Gasteiger charge is -2.09. The lowest BCUT2D eigenvalue weighted by atomic mass is 10.2. The highest BCUT2D eigenvalue weighted by Crippen LogP contribution is 2.24. The quantitative estimate of drug-likeness (QED) is 0.669. The van der Waals surface area contributed by atoms with Gasteiger partial charge in [-0.3, -0.25) is 4.57 Å². The third-order valence-electron chi connectivity index (χ3n) is 3.43. The summed E-state index contributed by atoms with van der Waals surface area (Å²) in [5, 5.41) is 3.22. The number of nitrogens with zero attached hydrogens (tertiary/aromatic N) is 4. The number of hydrogen-bond donors (Lipinski definition) is 2. The smallest absolute Gasteiger partial charge is 0.226 e. The summed E-state index contributed by atoms with van der Waals surface area (Å²) in [6, 6.07) is 10.2. The number of halogens is 1. The highest BCUT2D eigenvalue weighted by atomic mass is 79.9. The molecule has 0 fully saturated rings. The van der Waals surface area contributed by atoms with Crippen LogP contribution in [0.25, 0.3) is 11.2 Å². The van der Waals surface area contributed by atoms with Gasteiger partial charge in [-0.15, -0.1) is 0 Å². The van der Waals surface area contributed by atoms with E-state index in [1.165, 1.54) is 5.56 Å². The summed E-state index contributed by atoms with van der Waals surface area (Å²) in [5.74, 6) is 1.41. The van der Waals surface area contributed by atoms with E-state index in [-0.39, 0.29) is 0 Å². The minimum absolute atomic E-state index is 0.383. The van der Waals surface area contributed by atoms with Gasteiger partial charge >= 0.3 is 0 Å². The predicted octanol–water partition coefficient (Wildman–Crippen LogP) is 3.29. The van der Waals surface area contributed by atoms with E-state index in [1.54, 1.807) is 0 Å². The minimum Gasteiger partial charge on any atom is -0.382 e. The molecule has 0 amide bonds. The van der Waals surface area contributed by atoms with Crippen molar-refractivity contribution < 1.29 is 0 Å². The van der Waals surface area contributed by atoms with Crippen LogP contribution in [0.3, 0.4) is 0 Å². The number of anilines is 2. The maximum atomic E-state index is 6.05. The van der Waals surface area contributed by atoms with Crippen LogP contribution in [-0.4, -0.2) is 26.1 Å². The van der Waals surface area contributed by atoms with Crippen molar-refractivity contribution in [3.05, 3.63) is 40.6 Å². The minimum atomic E-state index is 0.383. The molecule has 6 nitrogen and oxygen atoms in total. The number of nitrogens with two attached hydrogens (primary N) is 1. The van der Waals surface area contributed by atoms with Gasteiger partial charge in [0.25, 0.3) is 0 Å². The lowest BCUT2D eigenvalue weighted by Crippen LogP contribution is -2.12. The molecular weight excluding hydrogens is 356 g/mol. The topological polar surface area (TPSA) is 81.6 Å². The Morgan fingerprint density at radius 3 is 2.61 bits per heavy atom. The van der Waals surface area contributed by atoms with Crippen LogP contribution in [-0.2, 0) is 6.54 Å². The number of rotatable bonds is 5. The molecular formula is C16H19BrN6. The first-order valence-electron chi connectivity index (χ1n) is 7.51. The second-order valence-electron chi connectivity index (χ2n) is 5.83. The molecule has 0 saturated heterocycles. The molecule has 2 aromatic heterocycles. The number of nitrogen functional groups attached to an aromatic ring is 1. The fourth-order valence-corrected chi connectivity index (χ4v) is 2.75. The van der Waals surface area contributed by atoms with E-state index >= 15 is 0 Å². The molecule has 0 aliphatic rings. The van der Waals surface area contributed by atoms with E-state index in [1.807, 2.05) is 22.8 Å². The number of fused-ring (bicyclic) bond motifs is 1. The Morgan fingerprint density at radius 1 is 1.17 bits per heavy atom. The van der Waals surface area contributed by atoms with Gasteiger partial charge in [-0.25, -0.2) is 4.98 Å². The Labute approximate surface area is 143 Å². The van der Waals surface area contributed by atoms with Crippen molar-refractivity contribution in [1.29, 1.82) is 0 Å². The Hall–Kier alpha value is -2.15. The van der Waals surface area contributed by atoms with Gasteiger partial charge in [-0.2, -0.15) is 9.97 Å². The predicted molar refractivity (Wildman–Crippen MR) is 96.3 cm³/mol. The fraction of sp³-hybridized carbons (Fsp3) is 0.312. The average molecular weight is 375 g/mol. The first-order valence-corrected chi connectivity index (χ1v) is 8.31. The van der Waals surface area contributed by atoms with Crippen molar-refractivity contribution in [3.8, 4) is 0 Å². The molecule has 0 radical (unpaired) electrons. The van der Waals surface area contributed by atoms with Gasteiger partial charge in [0.2, 0.25) is 5.95 Å². The molecule has 120 valence electrons. The average Bonchev–Trinajstić information content (AvgIpc) is 2.83. The molecule has 3 rings (SSSR count). The summed E-state index contributed by atoms with van der Waals surface area (Å²) in [5.41, 5.74) is 8.55. The molecule has 3 aromatic rings. The van der Waals surface area contributed by atoms with E-state index in [4.69, 9.17) is 5.73 Å². The van der Waals surface area contributed by atoms with E-state index in [2.05, 4.69) is 62.2 Å². The van der Waals surface area contributed by atoms with E-state index < -0.39 is 0 Å². The zero-order valence-electron chi connectivity index (χ0n) is 13.1.